The Balaban J connectivity index is 0.000000463. The quantitative estimate of drug-likeness (QED) is 0.0205. The summed E-state index contributed by atoms with van der Waals surface area (Å²) in [5.74, 6) is 4.23. The zero-order valence-electron chi connectivity index (χ0n) is 49.7. The number of rotatable bonds is 28. The summed E-state index contributed by atoms with van der Waals surface area (Å²) < 4.78 is 5.27. The molecule has 1 aliphatic rings. The fourth-order valence-corrected chi connectivity index (χ4v) is 6.76. The van der Waals surface area contributed by atoms with Crippen molar-refractivity contribution in [1.82, 2.24) is 72.0 Å². The third kappa shape index (κ3) is 45.6. The van der Waals surface area contributed by atoms with Crippen LogP contribution in [0.2, 0.25) is 0 Å². The summed E-state index contributed by atoms with van der Waals surface area (Å²) >= 11 is 0. The number of hydrogen-bond donors (Lipinski definition) is 6. The monoisotopic (exact) mass is 1060 g/mol. The average molecular weight is 1070 g/mol. The first kappa shape index (κ1) is 69.9. The van der Waals surface area contributed by atoms with E-state index in [0.29, 0.717) is 42.0 Å². The van der Waals surface area contributed by atoms with Crippen LogP contribution in [0, 0.1) is 35.5 Å². The molecule has 0 spiro atoms. The van der Waals surface area contributed by atoms with Crippen molar-refractivity contribution in [2.45, 2.75) is 128 Å². The molecule has 0 aliphatic carbocycles. The van der Waals surface area contributed by atoms with Crippen molar-refractivity contribution in [1.29, 1.82) is 0 Å². The lowest BCUT2D eigenvalue weighted by Crippen LogP contribution is -2.36. The maximum absolute atomic E-state index is 11.5. The molecule has 0 amide bonds. The molecule has 5 aromatic rings. The number of carbonyl (C=O) groups excluding carboxylic acids is 1. The van der Waals surface area contributed by atoms with Gasteiger partial charge in [-0.3, -0.25) is 24.7 Å². The third-order valence-electron chi connectivity index (χ3n) is 10.9. The molecular weight excluding hydrogens is 961 g/mol. The Morgan fingerprint density at radius 3 is 1.43 bits per heavy atom. The van der Waals surface area contributed by atoms with Crippen molar-refractivity contribution in [2.75, 3.05) is 85.2 Å². The topological polar surface area (TPSA) is 202 Å². The lowest BCUT2D eigenvalue weighted by atomic mass is 10.1. The second-order valence-electron chi connectivity index (χ2n) is 21.7. The molecule has 0 saturated carbocycles. The van der Waals surface area contributed by atoms with E-state index < -0.39 is 0 Å². The Labute approximate surface area is 466 Å². The summed E-state index contributed by atoms with van der Waals surface area (Å²) in [6.07, 6.45) is 20.1. The maximum Gasteiger partial charge on any atom is 0.194 e. The van der Waals surface area contributed by atoms with Crippen LogP contribution in [0.3, 0.4) is 0 Å². The molecule has 0 aromatic carbocycles. The summed E-state index contributed by atoms with van der Waals surface area (Å²) in [7, 11) is 0. The lowest BCUT2D eigenvalue weighted by Gasteiger charge is -2.23. The van der Waals surface area contributed by atoms with E-state index in [1.165, 1.54) is 18.5 Å². The van der Waals surface area contributed by atoms with Gasteiger partial charge in [-0.15, -0.1) is 0 Å². The largest absolute Gasteiger partial charge is 0.381 e. The van der Waals surface area contributed by atoms with E-state index in [-0.39, 0.29) is 5.78 Å². The SMILES string of the molecule is CC(C)CNC1CCOCC1.CC(C)CNCC(=O)c1ccccn1.CC(C)CNCCc1ccccn1.CC(C)CNCCc1cccnn1.CC(C)CNCCc1ccncn1.CC(C)CNCCc1cnccn1. The molecule has 0 radical (unpaired) electrons. The lowest BCUT2D eigenvalue weighted by molar-refractivity contribution is 0.0773. The first-order valence-electron chi connectivity index (χ1n) is 28.6. The van der Waals surface area contributed by atoms with Crippen LogP contribution < -0.4 is 31.9 Å². The van der Waals surface area contributed by atoms with E-state index in [2.05, 4.69) is 161 Å². The zero-order valence-corrected chi connectivity index (χ0v) is 49.7. The summed E-state index contributed by atoms with van der Waals surface area (Å²) in [6, 6.07) is 18.0. The van der Waals surface area contributed by atoms with Crippen LogP contribution in [0.5, 0.6) is 0 Å². The van der Waals surface area contributed by atoms with Crippen molar-refractivity contribution in [2.24, 2.45) is 35.5 Å². The van der Waals surface area contributed by atoms with Crippen LogP contribution in [0.15, 0.2) is 104 Å². The summed E-state index contributed by atoms with van der Waals surface area (Å²) in [6.45, 7) is 38.9. The first-order valence-corrected chi connectivity index (χ1v) is 28.6. The maximum atomic E-state index is 11.5. The predicted molar refractivity (Wildman–Crippen MR) is 319 cm³/mol. The summed E-state index contributed by atoms with van der Waals surface area (Å²) in [4.78, 5) is 36.0. The minimum atomic E-state index is 0.0475. The molecule has 16 heteroatoms. The number of ether oxygens (including phenoxy) is 1. The van der Waals surface area contributed by atoms with Gasteiger partial charge in [-0.2, -0.15) is 10.2 Å². The number of nitrogens with one attached hydrogen (secondary N) is 6. The summed E-state index contributed by atoms with van der Waals surface area (Å²) in [5.41, 5.74) is 4.91. The van der Waals surface area contributed by atoms with Gasteiger partial charge in [0.05, 0.1) is 17.9 Å². The minimum Gasteiger partial charge on any atom is -0.381 e. The molecule has 0 bridgehead atoms. The molecule has 6 N–H and O–H groups in total. The number of carbonyl (C=O) groups is 1. The predicted octanol–water partition coefficient (Wildman–Crippen LogP) is 8.58. The van der Waals surface area contributed by atoms with Crippen LogP contribution in [0.1, 0.15) is 129 Å². The van der Waals surface area contributed by atoms with Crippen LogP contribution in [-0.2, 0) is 30.4 Å². The van der Waals surface area contributed by atoms with Gasteiger partial charge in [0.15, 0.2) is 5.78 Å². The Bertz CT molecular complexity index is 1810. The van der Waals surface area contributed by atoms with E-state index >= 15 is 0 Å². The van der Waals surface area contributed by atoms with Crippen LogP contribution in [0.25, 0.3) is 0 Å². The first-order chi connectivity index (χ1) is 37.1. The van der Waals surface area contributed by atoms with Crippen molar-refractivity contribution >= 4 is 5.78 Å². The van der Waals surface area contributed by atoms with E-state index in [4.69, 9.17) is 4.74 Å². The van der Waals surface area contributed by atoms with Gasteiger partial charge in [0.2, 0.25) is 0 Å². The van der Waals surface area contributed by atoms with Crippen molar-refractivity contribution in [3.05, 3.63) is 133 Å². The van der Waals surface area contributed by atoms with Crippen molar-refractivity contribution < 1.29 is 9.53 Å². The molecule has 0 unspecified atom stereocenters. The highest BCUT2D eigenvalue weighted by Crippen LogP contribution is 2.06. The summed E-state index contributed by atoms with van der Waals surface area (Å²) in [5, 5.41) is 28.0. The van der Waals surface area contributed by atoms with Gasteiger partial charge in [-0.25, -0.2) is 9.97 Å². The van der Waals surface area contributed by atoms with E-state index in [0.717, 1.165) is 133 Å². The van der Waals surface area contributed by atoms with E-state index in [1.54, 1.807) is 49.4 Å². The Hall–Kier alpha value is -5.07. The average Bonchev–Trinajstić information content (AvgIpc) is 3.43. The van der Waals surface area contributed by atoms with Gasteiger partial charge in [-0.05, 0) is 130 Å². The molecule has 77 heavy (non-hydrogen) atoms. The minimum absolute atomic E-state index is 0.0475. The molecule has 6 heterocycles. The van der Waals surface area contributed by atoms with Gasteiger partial charge in [0.25, 0.3) is 0 Å². The van der Waals surface area contributed by atoms with Crippen LogP contribution >= 0.6 is 0 Å². The Morgan fingerprint density at radius 1 is 0.481 bits per heavy atom. The Kier molecular flexibility index (Phi) is 43.7. The van der Waals surface area contributed by atoms with Gasteiger partial charge < -0.3 is 36.6 Å². The number of hydrogen-bond acceptors (Lipinski definition) is 16. The molecule has 1 fully saturated rings. The molecule has 1 aliphatic heterocycles. The van der Waals surface area contributed by atoms with Crippen molar-refractivity contribution in [3.63, 3.8) is 0 Å². The Morgan fingerprint density at radius 2 is 0.974 bits per heavy atom. The molecule has 16 nitrogen and oxygen atoms in total. The zero-order chi connectivity index (χ0) is 56.6. The highest BCUT2D eigenvalue weighted by Gasteiger charge is 2.12. The van der Waals surface area contributed by atoms with E-state index in [1.807, 2.05) is 48.8 Å². The number of Topliss-reactive ketones (excluding diaryl/α,β-unsaturated/α-hetero) is 1. The van der Waals surface area contributed by atoms with Gasteiger partial charge >= 0.3 is 0 Å². The molecular formula is C61H104N14O2. The highest BCUT2D eigenvalue weighted by atomic mass is 16.5. The van der Waals surface area contributed by atoms with E-state index in [9.17, 15) is 4.79 Å². The number of ketones is 1. The molecule has 5 aromatic heterocycles. The second-order valence-corrected chi connectivity index (χ2v) is 21.7. The number of nitrogens with zero attached hydrogens (tertiary/aromatic N) is 8. The van der Waals surface area contributed by atoms with Gasteiger partial charge in [-0.1, -0.05) is 95.2 Å². The number of pyridine rings is 2. The normalized spacial score (nSPS) is 12.1. The molecule has 6 rings (SSSR count). The fourth-order valence-electron chi connectivity index (χ4n) is 6.76. The van der Waals surface area contributed by atoms with Gasteiger partial charge in [0, 0.05) is 126 Å². The third-order valence-corrected chi connectivity index (χ3v) is 10.9. The standard InChI is InChI=1S/C11H16N2O.C11H18N2.3C10H17N3.C9H19NO/c1-9(2)7-12-8-11(14)10-5-3-4-6-13-10;1-10(2)9-12-8-6-11-5-3-4-7-13-11;1-9(2)7-11-5-3-10-4-6-12-8-13-10;1-9(2)7-11-4-3-10-8-12-5-6-13-10;1-9(2)8-11-7-5-10-4-3-6-12-13-10;1-8(2)7-10-9-3-5-11-6-4-9/h3-6,9,12H,7-8H2,1-2H3;3-5,7,10,12H,6,8-9H2,1-2H3;4,6,8-9,11H,3,5,7H2,1-2H3;5-6,8-9,11H,3-4,7H2,1-2H3;3-4,6,9,11H,5,7-8H2,1-2H3;8-10H,3-7H2,1-2H3. The van der Waals surface area contributed by atoms with Crippen molar-refractivity contribution in [3.8, 4) is 0 Å². The molecule has 0 atom stereocenters. The highest BCUT2D eigenvalue weighted by molar-refractivity contribution is 5.95. The van der Waals surface area contributed by atoms with Crippen LogP contribution in [-0.4, -0.2) is 137 Å². The van der Waals surface area contributed by atoms with Gasteiger partial charge in [0.1, 0.15) is 12.0 Å². The smallest absolute Gasteiger partial charge is 0.194 e. The van der Waals surface area contributed by atoms with Crippen LogP contribution in [0.4, 0.5) is 0 Å². The molecule has 1 saturated heterocycles. The fraction of sp³-hybridized carbons (Fsp3) is 0.623. The molecule has 430 valence electrons. The second kappa shape index (κ2) is 48.1. The number of aromatic nitrogens is 8.